The van der Waals surface area contributed by atoms with Crippen LogP contribution in [0.25, 0.3) is 28.1 Å². The molecule has 1 aliphatic heterocycles. The number of piperidine rings is 1. The summed E-state index contributed by atoms with van der Waals surface area (Å²) in [5, 5.41) is 12.8. The van der Waals surface area contributed by atoms with Crippen molar-refractivity contribution in [1.29, 1.82) is 0 Å². The van der Waals surface area contributed by atoms with Crippen molar-refractivity contribution in [3.8, 4) is 17.3 Å². The summed E-state index contributed by atoms with van der Waals surface area (Å²) in [6.45, 7) is 0.740. The number of carbonyl (C=O) groups excluding carboxylic acids is 1. The minimum atomic E-state index is -0.227. The smallest absolute Gasteiger partial charge is 0.239 e. The normalized spacial score (nSPS) is 17.8. The van der Waals surface area contributed by atoms with Crippen LogP contribution in [0.4, 0.5) is 0 Å². The molecule has 1 saturated heterocycles. The molecule has 1 aromatic carbocycles. The third-order valence-corrected chi connectivity index (χ3v) is 5.61. The van der Waals surface area contributed by atoms with Gasteiger partial charge in [-0.2, -0.15) is 0 Å². The zero-order chi connectivity index (χ0) is 21.4. The SMILES string of the molecule is CN(C)C(=O)[C@@H]1C[C@@H](Oc2cccc3ccc(-c4nnc5ccccn45)nc23)CCN1.Cl.Cl. The van der Waals surface area contributed by atoms with Crippen molar-refractivity contribution in [3.05, 3.63) is 54.7 Å². The zero-order valence-electron chi connectivity index (χ0n) is 18.3. The first-order valence-corrected chi connectivity index (χ1v) is 10.4. The van der Waals surface area contributed by atoms with Gasteiger partial charge < -0.3 is 15.0 Å². The number of likely N-dealkylation sites (N-methyl/N-ethyl adjacent to an activating group) is 1. The lowest BCUT2D eigenvalue weighted by atomic mass is 10.0. The van der Waals surface area contributed by atoms with Gasteiger partial charge in [-0.15, -0.1) is 35.0 Å². The molecule has 0 aliphatic carbocycles. The lowest BCUT2D eigenvalue weighted by Crippen LogP contribution is -2.50. The number of benzene rings is 1. The van der Waals surface area contributed by atoms with Gasteiger partial charge in [0.2, 0.25) is 5.91 Å². The molecule has 10 heteroatoms. The molecule has 1 fully saturated rings. The lowest BCUT2D eigenvalue weighted by Gasteiger charge is -2.31. The molecule has 3 aromatic heterocycles. The van der Waals surface area contributed by atoms with Crippen LogP contribution in [-0.2, 0) is 4.79 Å². The van der Waals surface area contributed by atoms with Gasteiger partial charge >= 0.3 is 0 Å². The minimum Gasteiger partial charge on any atom is -0.488 e. The average molecular weight is 489 g/mol. The molecule has 0 radical (unpaired) electrons. The second kappa shape index (κ2) is 10.3. The highest BCUT2D eigenvalue weighted by Crippen LogP contribution is 2.29. The van der Waals surface area contributed by atoms with Crippen LogP contribution in [0.3, 0.4) is 0 Å². The van der Waals surface area contributed by atoms with Gasteiger partial charge in [-0.05, 0) is 37.2 Å². The van der Waals surface area contributed by atoms with Crippen LogP contribution in [0.1, 0.15) is 12.8 Å². The second-order valence-corrected chi connectivity index (χ2v) is 7.98. The highest BCUT2D eigenvalue weighted by atomic mass is 35.5. The molecule has 2 atom stereocenters. The molecule has 0 unspecified atom stereocenters. The fourth-order valence-corrected chi connectivity index (χ4v) is 4.02. The Kier molecular flexibility index (Phi) is 7.73. The summed E-state index contributed by atoms with van der Waals surface area (Å²) >= 11 is 0. The zero-order valence-corrected chi connectivity index (χ0v) is 20.0. The third kappa shape index (κ3) is 4.88. The molecule has 5 rings (SSSR count). The molecule has 0 saturated carbocycles. The maximum atomic E-state index is 12.4. The van der Waals surface area contributed by atoms with Gasteiger partial charge in [0.05, 0.1) is 6.04 Å². The van der Waals surface area contributed by atoms with Crippen molar-refractivity contribution in [2.45, 2.75) is 25.0 Å². The maximum absolute atomic E-state index is 12.4. The van der Waals surface area contributed by atoms with Crippen molar-refractivity contribution in [2.75, 3.05) is 20.6 Å². The molecule has 174 valence electrons. The molecule has 1 N–H and O–H groups in total. The number of nitrogens with zero attached hydrogens (tertiary/aromatic N) is 5. The molecule has 1 amide bonds. The van der Waals surface area contributed by atoms with Crippen LogP contribution in [0, 0.1) is 0 Å². The Bertz CT molecular complexity index is 1260. The van der Waals surface area contributed by atoms with E-state index < -0.39 is 0 Å². The number of hydrogen-bond donors (Lipinski definition) is 1. The van der Waals surface area contributed by atoms with Crippen LogP contribution >= 0.6 is 24.8 Å². The molecule has 1 aliphatic rings. The van der Waals surface area contributed by atoms with Crippen LogP contribution in [0.2, 0.25) is 0 Å². The quantitative estimate of drug-likeness (QED) is 0.473. The van der Waals surface area contributed by atoms with E-state index in [-0.39, 0.29) is 42.9 Å². The Morgan fingerprint density at radius 2 is 1.94 bits per heavy atom. The monoisotopic (exact) mass is 488 g/mol. The van der Waals surface area contributed by atoms with Crippen molar-refractivity contribution in [1.82, 2.24) is 29.8 Å². The molecule has 33 heavy (non-hydrogen) atoms. The van der Waals surface area contributed by atoms with Crippen molar-refractivity contribution in [3.63, 3.8) is 0 Å². The van der Waals surface area contributed by atoms with E-state index in [4.69, 9.17) is 9.72 Å². The predicted octanol–water partition coefficient (Wildman–Crippen LogP) is 3.38. The number of pyridine rings is 2. The Hall–Kier alpha value is -2.94. The molecule has 0 bridgehead atoms. The van der Waals surface area contributed by atoms with E-state index >= 15 is 0 Å². The van der Waals surface area contributed by atoms with Gasteiger partial charge in [-0.25, -0.2) is 4.98 Å². The second-order valence-electron chi connectivity index (χ2n) is 7.98. The first kappa shape index (κ1) is 24.7. The molecule has 0 spiro atoms. The van der Waals surface area contributed by atoms with Crippen LogP contribution in [-0.4, -0.2) is 63.2 Å². The number of rotatable bonds is 4. The van der Waals surface area contributed by atoms with E-state index in [1.807, 2.05) is 59.1 Å². The van der Waals surface area contributed by atoms with Crippen LogP contribution in [0.5, 0.6) is 5.75 Å². The van der Waals surface area contributed by atoms with Crippen molar-refractivity contribution >= 4 is 47.3 Å². The molecule has 8 nitrogen and oxygen atoms in total. The summed E-state index contributed by atoms with van der Waals surface area (Å²) in [6, 6.07) is 15.5. The topological polar surface area (TPSA) is 84.7 Å². The van der Waals surface area contributed by atoms with Gasteiger partial charge in [0.15, 0.2) is 11.5 Å². The first-order valence-electron chi connectivity index (χ1n) is 10.4. The summed E-state index contributed by atoms with van der Waals surface area (Å²) in [5.74, 6) is 1.48. The van der Waals surface area contributed by atoms with E-state index in [0.29, 0.717) is 12.2 Å². The van der Waals surface area contributed by atoms with Crippen molar-refractivity contribution < 1.29 is 9.53 Å². The van der Waals surface area contributed by atoms with E-state index in [0.717, 1.165) is 41.0 Å². The molecular weight excluding hydrogens is 463 g/mol. The Morgan fingerprint density at radius 1 is 1.09 bits per heavy atom. The van der Waals surface area contributed by atoms with Gasteiger partial charge in [-0.3, -0.25) is 9.20 Å². The maximum Gasteiger partial charge on any atom is 0.239 e. The fourth-order valence-electron chi connectivity index (χ4n) is 4.02. The van der Waals surface area contributed by atoms with Crippen LogP contribution < -0.4 is 10.1 Å². The highest BCUT2D eigenvalue weighted by molar-refractivity contribution is 5.86. The summed E-state index contributed by atoms with van der Waals surface area (Å²) < 4.78 is 8.29. The number of halogens is 2. The Balaban J connectivity index is 0.00000153. The fraction of sp³-hybridized carbons (Fsp3) is 0.304. The van der Waals surface area contributed by atoms with E-state index in [1.165, 1.54) is 0 Å². The summed E-state index contributed by atoms with van der Waals surface area (Å²) in [4.78, 5) is 18.9. The standard InChI is InChI=1S/C23H24N6O2.2ClH/c1-28(2)23(30)18-14-16(11-12-24-18)31-19-7-5-6-15-9-10-17(25-21(15)19)22-27-26-20-8-3-4-13-29(20)22;;/h3-10,13,16,18,24H,11-12,14H2,1-2H3;2*1H/t16-,18-;;/m0../s1. The number of ether oxygens (including phenoxy) is 1. The predicted molar refractivity (Wildman–Crippen MR) is 132 cm³/mol. The first-order chi connectivity index (χ1) is 15.1. The highest BCUT2D eigenvalue weighted by Gasteiger charge is 2.29. The number of carbonyl (C=O) groups is 1. The number of aromatic nitrogens is 4. The van der Waals surface area contributed by atoms with E-state index in [9.17, 15) is 4.79 Å². The van der Waals surface area contributed by atoms with Crippen LogP contribution in [0.15, 0.2) is 54.7 Å². The van der Waals surface area contributed by atoms with Gasteiger partial charge in [0.25, 0.3) is 0 Å². The number of fused-ring (bicyclic) bond motifs is 2. The average Bonchev–Trinajstić information content (AvgIpc) is 3.23. The minimum absolute atomic E-state index is 0. The number of nitrogens with one attached hydrogen (secondary N) is 1. The summed E-state index contributed by atoms with van der Waals surface area (Å²) in [6.07, 6.45) is 3.33. The Morgan fingerprint density at radius 3 is 2.76 bits per heavy atom. The van der Waals surface area contributed by atoms with Gasteiger partial charge in [0.1, 0.15) is 23.1 Å². The number of para-hydroxylation sites is 1. The van der Waals surface area contributed by atoms with Crippen molar-refractivity contribution in [2.24, 2.45) is 0 Å². The van der Waals surface area contributed by atoms with Gasteiger partial charge in [-0.1, -0.05) is 24.3 Å². The number of hydrogen-bond acceptors (Lipinski definition) is 6. The molecular formula is C23H26Cl2N6O2. The number of amides is 1. The Labute approximate surface area is 204 Å². The largest absolute Gasteiger partial charge is 0.488 e. The third-order valence-electron chi connectivity index (χ3n) is 5.61. The summed E-state index contributed by atoms with van der Waals surface area (Å²) in [7, 11) is 3.55. The summed E-state index contributed by atoms with van der Waals surface area (Å²) in [5.41, 5.74) is 2.28. The van der Waals surface area contributed by atoms with E-state index in [1.54, 1.807) is 19.0 Å². The molecule has 4 heterocycles. The molecule has 4 aromatic rings. The van der Waals surface area contributed by atoms with Gasteiger partial charge in [0, 0.05) is 32.1 Å². The lowest BCUT2D eigenvalue weighted by molar-refractivity contribution is -0.132. The van der Waals surface area contributed by atoms with E-state index in [2.05, 4.69) is 15.5 Å².